The molecule has 2 unspecified atom stereocenters. The van der Waals surface area contributed by atoms with Gasteiger partial charge in [-0.25, -0.2) is 0 Å². The Morgan fingerprint density at radius 1 is 1.27 bits per heavy atom. The summed E-state index contributed by atoms with van der Waals surface area (Å²) in [5, 5.41) is 2.74. The minimum absolute atomic E-state index is 0.0160. The lowest BCUT2D eigenvalue weighted by molar-refractivity contribution is -0.141. The number of carbonyl (C=O) groups is 2. The van der Waals surface area contributed by atoms with E-state index in [1.807, 2.05) is 0 Å². The van der Waals surface area contributed by atoms with Gasteiger partial charge in [0, 0.05) is 19.0 Å². The van der Waals surface area contributed by atoms with Crippen LogP contribution in [0.4, 0.5) is 0 Å². The topological polar surface area (TPSA) is 49.4 Å². The fourth-order valence-electron chi connectivity index (χ4n) is 3.00. The molecule has 4 heteroatoms. The summed E-state index contributed by atoms with van der Waals surface area (Å²) in [4.78, 5) is 24.9. The molecule has 2 atom stereocenters. The van der Waals surface area contributed by atoms with Crippen molar-refractivity contribution in [3.63, 3.8) is 0 Å². The quantitative estimate of drug-likeness (QED) is 0.659. The van der Waals surface area contributed by atoms with Crippen molar-refractivity contribution >= 4 is 11.8 Å². The first-order valence-corrected chi connectivity index (χ1v) is 5.79. The zero-order valence-corrected chi connectivity index (χ0v) is 8.74. The zero-order valence-electron chi connectivity index (χ0n) is 8.74. The van der Waals surface area contributed by atoms with Crippen molar-refractivity contribution in [1.82, 2.24) is 10.2 Å². The third kappa shape index (κ3) is 1.62. The van der Waals surface area contributed by atoms with Crippen molar-refractivity contribution < 1.29 is 9.59 Å². The van der Waals surface area contributed by atoms with Gasteiger partial charge in [-0.1, -0.05) is 0 Å². The van der Waals surface area contributed by atoms with Crippen LogP contribution < -0.4 is 5.32 Å². The van der Waals surface area contributed by atoms with Crippen molar-refractivity contribution in [1.29, 1.82) is 0 Å². The fraction of sp³-hybridized carbons (Fsp3) is 0.818. The summed E-state index contributed by atoms with van der Waals surface area (Å²) < 4.78 is 0. The van der Waals surface area contributed by atoms with Crippen molar-refractivity contribution in [2.24, 2.45) is 17.8 Å². The summed E-state index contributed by atoms with van der Waals surface area (Å²) in [5.41, 5.74) is 0. The van der Waals surface area contributed by atoms with E-state index < -0.39 is 0 Å². The Hall–Kier alpha value is -1.06. The van der Waals surface area contributed by atoms with Crippen LogP contribution in [0.15, 0.2) is 0 Å². The lowest BCUT2D eigenvalue weighted by Gasteiger charge is -2.29. The SMILES string of the molecule is O=C1CN(C(=O)C2CC3CC3C2)CCN1. The molecule has 2 saturated carbocycles. The number of piperazine rings is 1. The van der Waals surface area contributed by atoms with Crippen molar-refractivity contribution in [3.05, 3.63) is 0 Å². The highest BCUT2D eigenvalue weighted by molar-refractivity contribution is 5.87. The molecule has 15 heavy (non-hydrogen) atoms. The third-order valence-corrected chi connectivity index (χ3v) is 3.94. The van der Waals surface area contributed by atoms with E-state index in [0.29, 0.717) is 13.1 Å². The molecule has 3 fully saturated rings. The molecule has 1 aliphatic heterocycles. The normalized spacial score (nSPS) is 38.5. The molecule has 2 aliphatic carbocycles. The molecule has 82 valence electrons. The lowest BCUT2D eigenvalue weighted by atomic mass is 10.0. The zero-order chi connectivity index (χ0) is 10.4. The van der Waals surface area contributed by atoms with Crippen LogP contribution in [0, 0.1) is 17.8 Å². The predicted molar refractivity (Wildman–Crippen MR) is 53.9 cm³/mol. The predicted octanol–water partition coefficient (Wildman–Crippen LogP) is -0.00910. The molecular formula is C11H16N2O2. The van der Waals surface area contributed by atoms with Gasteiger partial charge in [-0.15, -0.1) is 0 Å². The van der Waals surface area contributed by atoms with E-state index in [2.05, 4.69) is 5.32 Å². The Morgan fingerprint density at radius 2 is 2.00 bits per heavy atom. The second-order valence-corrected chi connectivity index (χ2v) is 5.03. The van der Waals surface area contributed by atoms with Gasteiger partial charge in [-0.05, 0) is 31.1 Å². The molecule has 3 aliphatic rings. The van der Waals surface area contributed by atoms with Crippen LogP contribution in [0.2, 0.25) is 0 Å². The van der Waals surface area contributed by atoms with Gasteiger partial charge in [0.25, 0.3) is 0 Å². The molecule has 0 aromatic heterocycles. The van der Waals surface area contributed by atoms with Gasteiger partial charge >= 0.3 is 0 Å². The van der Waals surface area contributed by atoms with E-state index in [9.17, 15) is 9.59 Å². The number of nitrogens with zero attached hydrogens (tertiary/aromatic N) is 1. The third-order valence-electron chi connectivity index (χ3n) is 3.94. The summed E-state index contributed by atoms with van der Waals surface area (Å²) in [6.45, 7) is 1.57. The molecule has 0 aromatic rings. The van der Waals surface area contributed by atoms with Crippen molar-refractivity contribution in [3.8, 4) is 0 Å². The fourth-order valence-corrected chi connectivity index (χ4v) is 3.00. The number of hydrogen-bond acceptors (Lipinski definition) is 2. The van der Waals surface area contributed by atoms with Gasteiger partial charge in [-0.2, -0.15) is 0 Å². The molecule has 0 radical (unpaired) electrons. The molecule has 3 rings (SSSR count). The molecule has 4 nitrogen and oxygen atoms in total. The van der Waals surface area contributed by atoms with Crippen LogP contribution in [0.5, 0.6) is 0 Å². The summed E-state index contributed by atoms with van der Waals surface area (Å²) in [6, 6.07) is 0. The van der Waals surface area contributed by atoms with Crippen LogP contribution in [0.1, 0.15) is 19.3 Å². The first kappa shape index (κ1) is 9.19. The minimum Gasteiger partial charge on any atom is -0.353 e. The summed E-state index contributed by atoms with van der Waals surface area (Å²) >= 11 is 0. The highest BCUT2D eigenvalue weighted by Crippen LogP contribution is 2.54. The highest BCUT2D eigenvalue weighted by Gasteiger charge is 2.48. The number of amides is 2. The average Bonchev–Trinajstić information content (AvgIpc) is 2.85. The van der Waals surface area contributed by atoms with Gasteiger partial charge < -0.3 is 10.2 Å². The Labute approximate surface area is 89.0 Å². The van der Waals surface area contributed by atoms with Crippen molar-refractivity contribution in [2.45, 2.75) is 19.3 Å². The van der Waals surface area contributed by atoms with Crippen LogP contribution in [-0.4, -0.2) is 36.3 Å². The number of rotatable bonds is 1. The molecule has 0 spiro atoms. The van der Waals surface area contributed by atoms with E-state index in [-0.39, 0.29) is 24.3 Å². The maximum atomic E-state index is 12.1. The Morgan fingerprint density at radius 3 is 2.67 bits per heavy atom. The molecular weight excluding hydrogens is 192 g/mol. The summed E-state index contributed by atoms with van der Waals surface area (Å²) in [7, 11) is 0. The molecule has 1 saturated heterocycles. The van der Waals surface area contributed by atoms with Crippen LogP contribution in [0.25, 0.3) is 0 Å². The maximum Gasteiger partial charge on any atom is 0.239 e. The average molecular weight is 208 g/mol. The monoisotopic (exact) mass is 208 g/mol. The number of hydrogen-bond donors (Lipinski definition) is 1. The van der Waals surface area contributed by atoms with Gasteiger partial charge in [0.15, 0.2) is 0 Å². The largest absolute Gasteiger partial charge is 0.353 e. The summed E-state index contributed by atoms with van der Waals surface area (Å²) in [6.07, 6.45) is 3.48. The summed E-state index contributed by atoms with van der Waals surface area (Å²) in [5.74, 6) is 2.09. The second kappa shape index (κ2) is 3.22. The van der Waals surface area contributed by atoms with Gasteiger partial charge in [0.2, 0.25) is 11.8 Å². The van der Waals surface area contributed by atoms with E-state index in [4.69, 9.17) is 0 Å². The lowest BCUT2D eigenvalue weighted by Crippen LogP contribution is -2.51. The molecule has 0 bridgehead atoms. The van der Waals surface area contributed by atoms with E-state index in [1.54, 1.807) is 4.90 Å². The van der Waals surface area contributed by atoms with Gasteiger partial charge in [0.1, 0.15) is 0 Å². The second-order valence-electron chi connectivity index (χ2n) is 5.03. The number of carbonyl (C=O) groups excluding carboxylic acids is 2. The molecule has 2 amide bonds. The Bertz CT molecular complexity index is 306. The Kier molecular flexibility index (Phi) is 1.97. The van der Waals surface area contributed by atoms with Crippen LogP contribution in [-0.2, 0) is 9.59 Å². The molecule has 1 N–H and O–H groups in total. The number of nitrogens with one attached hydrogen (secondary N) is 1. The molecule has 1 heterocycles. The first-order valence-electron chi connectivity index (χ1n) is 5.79. The van der Waals surface area contributed by atoms with Gasteiger partial charge in [0.05, 0.1) is 6.54 Å². The van der Waals surface area contributed by atoms with Crippen molar-refractivity contribution in [2.75, 3.05) is 19.6 Å². The first-order chi connectivity index (χ1) is 7.24. The Balaban J connectivity index is 1.61. The number of fused-ring (bicyclic) bond motifs is 1. The van der Waals surface area contributed by atoms with E-state index >= 15 is 0 Å². The van der Waals surface area contributed by atoms with E-state index in [0.717, 1.165) is 24.7 Å². The smallest absolute Gasteiger partial charge is 0.239 e. The van der Waals surface area contributed by atoms with Crippen LogP contribution in [0.3, 0.4) is 0 Å². The van der Waals surface area contributed by atoms with E-state index in [1.165, 1.54) is 6.42 Å². The maximum absolute atomic E-state index is 12.1. The molecule has 0 aromatic carbocycles. The minimum atomic E-state index is -0.0160. The van der Waals surface area contributed by atoms with Crippen LogP contribution >= 0.6 is 0 Å². The van der Waals surface area contributed by atoms with Gasteiger partial charge in [-0.3, -0.25) is 9.59 Å². The standard InChI is InChI=1S/C11H16N2O2/c14-10-6-13(2-1-12-10)11(15)9-4-7-3-8(7)5-9/h7-9H,1-6H2,(H,12,14). The highest BCUT2D eigenvalue weighted by atomic mass is 16.2.